The lowest BCUT2D eigenvalue weighted by Gasteiger charge is -2.48. The lowest BCUT2D eigenvalue weighted by Crippen LogP contribution is -2.56. The van der Waals surface area contributed by atoms with Crippen LogP contribution in [0.5, 0.6) is 0 Å². The number of aryl methyl sites for hydroxylation is 2. The minimum Gasteiger partial charge on any atom is -0.378 e. The van der Waals surface area contributed by atoms with E-state index >= 15 is 0 Å². The molecule has 0 saturated carbocycles. The number of methoxy groups -OCH3 is 1. The summed E-state index contributed by atoms with van der Waals surface area (Å²) < 4.78 is 11.8. The predicted molar refractivity (Wildman–Crippen MR) is 92.3 cm³/mol. The van der Waals surface area contributed by atoms with Crippen LogP contribution in [0, 0.1) is 0 Å². The maximum atomic E-state index is 12.9. The summed E-state index contributed by atoms with van der Waals surface area (Å²) in [6.07, 6.45) is 7.55. The van der Waals surface area contributed by atoms with Crippen LogP contribution in [0.3, 0.4) is 0 Å². The number of carbonyl (C=O) groups is 1. The van der Waals surface area contributed by atoms with E-state index in [1.807, 2.05) is 11.0 Å². The Balaban J connectivity index is 1.44. The Kier molecular flexibility index (Phi) is 4.35. The molecule has 2 heterocycles. The maximum absolute atomic E-state index is 12.9. The van der Waals surface area contributed by atoms with Crippen LogP contribution in [-0.4, -0.2) is 49.3 Å². The molecule has 2 aliphatic heterocycles. The van der Waals surface area contributed by atoms with Gasteiger partial charge in [-0.3, -0.25) is 4.79 Å². The van der Waals surface area contributed by atoms with Crippen molar-refractivity contribution in [2.24, 2.45) is 0 Å². The second-order valence-electron chi connectivity index (χ2n) is 7.41. The minimum absolute atomic E-state index is 0.170. The molecule has 4 rings (SSSR count). The number of piperidine rings is 1. The van der Waals surface area contributed by atoms with Crippen LogP contribution in [-0.2, 0) is 22.3 Å². The highest BCUT2D eigenvalue weighted by Gasteiger charge is 2.45. The number of rotatable bonds is 2. The Labute approximate surface area is 144 Å². The zero-order valence-electron chi connectivity index (χ0n) is 14.6. The summed E-state index contributed by atoms with van der Waals surface area (Å²) in [5.74, 6) is 0.171. The number of amides is 1. The molecule has 1 aliphatic carbocycles. The topological polar surface area (TPSA) is 38.8 Å². The van der Waals surface area contributed by atoms with Crippen molar-refractivity contribution >= 4 is 5.91 Å². The van der Waals surface area contributed by atoms with Crippen molar-refractivity contribution in [3.8, 4) is 0 Å². The summed E-state index contributed by atoms with van der Waals surface area (Å²) in [5.41, 5.74) is 3.45. The monoisotopic (exact) mass is 329 g/mol. The highest BCUT2D eigenvalue weighted by atomic mass is 16.5. The Bertz CT molecular complexity index is 619. The van der Waals surface area contributed by atoms with Gasteiger partial charge in [0.25, 0.3) is 5.91 Å². The van der Waals surface area contributed by atoms with Gasteiger partial charge in [-0.2, -0.15) is 0 Å². The van der Waals surface area contributed by atoms with Gasteiger partial charge in [0.1, 0.15) is 0 Å². The average Bonchev–Trinajstić information content (AvgIpc) is 3.10. The number of likely N-dealkylation sites (tertiary alicyclic amines) is 1. The first-order chi connectivity index (χ1) is 11.7. The number of carbonyl (C=O) groups excluding carboxylic acids is 1. The molecule has 1 atom stereocenters. The van der Waals surface area contributed by atoms with Crippen LogP contribution in [0.4, 0.5) is 0 Å². The van der Waals surface area contributed by atoms with Crippen LogP contribution >= 0.6 is 0 Å². The summed E-state index contributed by atoms with van der Waals surface area (Å²) in [4.78, 5) is 14.9. The van der Waals surface area contributed by atoms with Gasteiger partial charge in [-0.1, -0.05) is 6.07 Å². The fourth-order valence-electron chi connectivity index (χ4n) is 4.67. The number of nitrogens with zero attached hydrogens (tertiary/aromatic N) is 1. The van der Waals surface area contributed by atoms with Crippen molar-refractivity contribution < 1.29 is 14.3 Å². The lowest BCUT2D eigenvalue weighted by molar-refractivity contribution is -0.183. The Hall–Kier alpha value is -1.39. The third-order valence-electron chi connectivity index (χ3n) is 6.11. The van der Waals surface area contributed by atoms with Crippen molar-refractivity contribution in [3.05, 3.63) is 34.9 Å². The lowest BCUT2D eigenvalue weighted by atomic mass is 9.81. The van der Waals surface area contributed by atoms with Crippen LogP contribution < -0.4 is 0 Å². The minimum atomic E-state index is -0.179. The van der Waals surface area contributed by atoms with Gasteiger partial charge in [0.05, 0.1) is 11.7 Å². The van der Waals surface area contributed by atoms with Crippen molar-refractivity contribution in [1.29, 1.82) is 0 Å². The van der Waals surface area contributed by atoms with Gasteiger partial charge in [-0.05, 0) is 68.2 Å². The smallest absolute Gasteiger partial charge is 0.253 e. The fourth-order valence-corrected chi connectivity index (χ4v) is 4.67. The summed E-state index contributed by atoms with van der Waals surface area (Å²) in [7, 11) is 1.78. The fraction of sp³-hybridized carbons (Fsp3) is 0.650. The van der Waals surface area contributed by atoms with Crippen molar-refractivity contribution in [1.82, 2.24) is 4.90 Å². The molecule has 24 heavy (non-hydrogen) atoms. The van der Waals surface area contributed by atoms with E-state index in [0.29, 0.717) is 0 Å². The number of hydrogen-bond donors (Lipinski definition) is 0. The largest absolute Gasteiger partial charge is 0.378 e. The first kappa shape index (κ1) is 16.1. The molecule has 130 valence electrons. The molecule has 3 aliphatic rings. The van der Waals surface area contributed by atoms with Gasteiger partial charge in [-0.15, -0.1) is 0 Å². The third-order valence-corrected chi connectivity index (χ3v) is 6.11. The van der Waals surface area contributed by atoms with E-state index in [0.717, 1.165) is 63.8 Å². The quantitative estimate of drug-likeness (QED) is 0.837. The molecule has 1 aromatic rings. The van der Waals surface area contributed by atoms with Gasteiger partial charge in [0.15, 0.2) is 0 Å². The van der Waals surface area contributed by atoms with Crippen molar-refractivity contribution in [3.63, 3.8) is 0 Å². The van der Waals surface area contributed by atoms with E-state index in [4.69, 9.17) is 9.47 Å². The second kappa shape index (κ2) is 6.49. The van der Waals surface area contributed by atoms with Crippen LogP contribution in [0.1, 0.15) is 53.6 Å². The van der Waals surface area contributed by atoms with Gasteiger partial charge >= 0.3 is 0 Å². The molecular weight excluding hydrogens is 302 g/mol. The number of fused-ring (bicyclic) bond motifs is 1. The van der Waals surface area contributed by atoms with E-state index < -0.39 is 0 Å². The number of benzene rings is 1. The first-order valence-corrected chi connectivity index (χ1v) is 9.30. The van der Waals surface area contributed by atoms with Gasteiger partial charge < -0.3 is 14.4 Å². The molecule has 2 fully saturated rings. The Morgan fingerprint density at radius 1 is 1.21 bits per heavy atom. The standard InChI is InChI=1S/C20H27NO3/c1-23-18-6-3-13-24-20(18)9-11-21(12-10-20)19(22)17-8-7-15-4-2-5-16(15)14-17/h7-8,14,18H,2-6,9-13H2,1H3/t18-/m1/s1. The summed E-state index contributed by atoms with van der Waals surface area (Å²) in [6.45, 7) is 2.34. The molecule has 0 aromatic heterocycles. The molecule has 0 radical (unpaired) electrons. The molecule has 0 N–H and O–H groups in total. The van der Waals surface area contributed by atoms with Crippen LogP contribution in [0.25, 0.3) is 0 Å². The average molecular weight is 329 g/mol. The molecular formula is C20H27NO3. The number of hydrogen-bond acceptors (Lipinski definition) is 3. The summed E-state index contributed by atoms with van der Waals surface area (Å²) in [6, 6.07) is 6.27. The molecule has 2 saturated heterocycles. The Morgan fingerprint density at radius 3 is 2.79 bits per heavy atom. The van der Waals surface area contributed by atoms with E-state index in [1.54, 1.807) is 7.11 Å². The highest BCUT2D eigenvalue weighted by Crippen LogP contribution is 2.37. The highest BCUT2D eigenvalue weighted by molar-refractivity contribution is 5.94. The zero-order chi connectivity index (χ0) is 16.6. The van der Waals surface area contributed by atoms with E-state index in [9.17, 15) is 4.79 Å². The van der Waals surface area contributed by atoms with Crippen LogP contribution in [0.15, 0.2) is 18.2 Å². The van der Waals surface area contributed by atoms with E-state index in [2.05, 4.69) is 12.1 Å². The molecule has 1 spiro atoms. The Morgan fingerprint density at radius 2 is 2.00 bits per heavy atom. The second-order valence-corrected chi connectivity index (χ2v) is 7.41. The van der Waals surface area contributed by atoms with Crippen molar-refractivity contribution in [2.75, 3.05) is 26.8 Å². The van der Waals surface area contributed by atoms with Crippen LogP contribution in [0.2, 0.25) is 0 Å². The zero-order valence-corrected chi connectivity index (χ0v) is 14.6. The van der Waals surface area contributed by atoms with E-state index in [-0.39, 0.29) is 17.6 Å². The molecule has 0 unspecified atom stereocenters. The molecule has 1 amide bonds. The molecule has 4 heteroatoms. The van der Waals surface area contributed by atoms with Gasteiger partial charge in [0, 0.05) is 32.4 Å². The maximum Gasteiger partial charge on any atom is 0.253 e. The third kappa shape index (κ3) is 2.76. The first-order valence-electron chi connectivity index (χ1n) is 9.30. The SMILES string of the molecule is CO[C@@H]1CCCOC12CCN(C(=O)c1ccc3c(c1)CCC3)CC2. The van der Waals surface area contributed by atoms with Crippen molar-refractivity contribution in [2.45, 2.75) is 56.7 Å². The summed E-state index contributed by atoms with van der Waals surface area (Å²) in [5, 5.41) is 0. The predicted octanol–water partition coefficient (Wildman–Crippen LogP) is 2.98. The molecule has 0 bridgehead atoms. The van der Waals surface area contributed by atoms with Gasteiger partial charge in [-0.25, -0.2) is 0 Å². The normalized spacial score (nSPS) is 25.7. The molecule has 1 aromatic carbocycles. The van der Waals surface area contributed by atoms with Gasteiger partial charge in [0.2, 0.25) is 0 Å². The number of ether oxygens (including phenoxy) is 2. The molecule has 4 nitrogen and oxygen atoms in total. The summed E-state index contributed by atoms with van der Waals surface area (Å²) >= 11 is 0. The van der Waals surface area contributed by atoms with E-state index in [1.165, 1.54) is 17.5 Å².